The van der Waals surface area contributed by atoms with Gasteiger partial charge in [-0.2, -0.15) is 10.2 Å². The van der Waals surface area contributed by atoms with Gasteiger partial charge < -0.3 is 29.2 Å². The summed E-state index contributed by atoms with van der Waals surface area (Å²) in [5, 5.41) is 13.6. The molecule has 64 heavy (non-hydrogen) atoms. The Bertz CT molecular complexity index is 2970. The number of carbonyl (C=O) groups excluding carboxylic acids is 4. The molecule has 7 aromatic rings. The number of nitrogens with zero attached hydrogens (tertiary/aromatic N) is 11. The number of nitrogens with one attached hydrogen (secondary N) is 1. The number of benzene rings is 1. The highest BCUT2D eigenvalue weighted by atomic mass is 16.6. The van der Waals surface area contributed by atoms with Gasteiger partial charge in [0.05, 0.1) is 34.7 Å². The maximum absolute atomic E-state index is 13.9. The Morgan fingerprint density at radius 1 is 0.875 bits per heavy atom. The lowest BCUT2D eigenvalue weighted by Crippen LogP contribution is -2.35. The molecule has 334 valence electrons. The van der Waals surface area contributed by atoms with Crippen molar-refractivity contribution in [3.8, 4) is 17.3 Å². The number of ether oxygens (including phenoxy) is 2. The molecule has 0 fully saturated rings. The molecule has 7 rings (SSSR count). The van der Waals surface area contributed by atoms with Gasteiger partial charge in [-0.3, -0.25) is 29.1 Å². The van der Waals surface area contributed by atoms with Crippen molar-refractivity contribution in [2.75, 3.05) is 25.5 Å². The maximum atomic E-state index is 13.9. The molecule has 0 radical (unpaired) electrons. The number of rotatable bonds is 16. The quantitative estimate of drug-likeness (QED) is 0.0611. The fourth-order valence-corrected chi connectivity index (χ4v) is 7.60. The smallest absolute Gasteiger partial charge is 0.410 e. The van der Waals surface area contributed by atoms with Crippen LogP contribution in [0.2, 0.25) is 0 Å². The van der Waals surface area contributed by atoms with E-state index in [4.69, 9.17) is 30.2 Å². The molecule has 6 aromatic heterocycles. The first kappa shape index (κ1) is 44.6. The van der Waals surface area contributed by atoms with E-state index in [-0.39, 0.29) is 24.7 Å². The van der Waals surface area contributed by atoms with Crippen molar-refractivity contribution < 1.29 is 28.7 Å². The van der Waals surface area contributed by atoms with E-state index in [0.717, 1.165) is 34.0 Å². The molecular formula is C45H53N13O6. The summed E-state index contributed by atoms with van der Waals surface area (Å²) < 4.78 is 19.1. The third-order valence-electron chi connectivity index (χ3n) is 10.4. The predicted octanol–water partition coefficient (Wildman–Crippen LogP) is 6.41. The van der Waals surface area contributed by atoms with Gasteiger partial charge in [0.1, 0.15) is 39.6 Å². The zero-order chi connectivity index (χ0) is 46.0. The average Bonchev–Trinajstić information content (AvgIpc) is 4.01. The highest BCUT2D eigenvalue weighted by Gasteiger charge is 2.24. The predicted molar refractivity (Wildman–Crippen MR) is 242 cm³/mol. The number of imidazole rings is 1. The summed E-state index contributed by atoms with van der Waals surface area (Å²) in [5.41, 5.74) is 11.2. The van der Waals surface area contributed by atoms with Crippen molar-refractivity contribution >= 4 is 63.1 Å². The number of anilines is 1. The highest BCUT2D eigenvalue weighted by Crippen LogP contribution is 2.33. The van der Waals surface area contributed by atoms with Crippen molar-refractivity contribution in [3.63, 3.8) is 0 Å². The minimum absolute atomic E-state index is 0.164. The van der Waals surface area contributed by atoms with Crippen molar-refractivity contribution in [3.05, 3.63) is 82.7 Å². The second kappa shape index (κ2) is 18.1. The molecule has 19 heteroatoms. The van der Waals surface area contributed by atoms with Gasteiger partial charge in [0.2, 0.25) is 11.9 Å². The van der Waals surface area contributed by atoms with Crippen LogP contribution in [0.5, 0.6) is 5.75 Å². The number of primary amides is 1. The van der Waals surface area contributed by atoms with E-state index in [2.05, 4.69) is 20.5 Å². The Morgan fingerprint density at radius 3 is 2.27 bits per heavy atom. The summed E-state index contributed by atoms with van der Waals surface area (Å²) in [7, 11) is 1.65. The number of allylic oxidation sites excluding steroid dienone is 2. The lowest BCUT2D eigenvalue weighted by molar-refractivity contribution is 0.0291. The molecule has 0 saturated carbocycles. The van der Waals surface area contributed by atoms with Crippen LogP contribution in [0.25, 0.3) is 44.5 Å². The van der Waals surface area contributed by atoms with E-state index in [1.165, 1.54) is 4.90 Å². The van der Waals surface area contributed by atoms with Crippen molar-refractivity contribution in [2.45, 2.75) is 93.6 Å². The second-order valence-electron chi connectivity index (χ2n) is 16.4. The van der Waals surface area contributed by atoms with E-state index in [0.29, 0.717) is 83.6 Å². The highest BCUT2D eigenvalue weighted by molar-refractivity contribution is 6.08. The fraction of sp³-hybridized carbons (Fsp3) is 0.378. The average molecular weight is 872 g/mol. The Morgan fingerprint density at radius 2 is 1.58 bits per heavy atom. The van der Waals surface area contributed by atoms with Gasteiger partial charge in [0.25, 0.3) is 5.91 Å². The zero-order valence-electron chi connectivity index (χ0n) is 37.6. The lowest BCUT2D eigenvalue weighted by atomic mass is 10.1. The number of pyridine rings is 1. The first-order chi connectivity index (χ1) is 30.5. The minimum atomic E-state index is -0.684. The molecule has 1 aromatic carbocycles. The van der Waals surface area contributed by atoms with Crippen LogP contribution in [0.15, 0.2) is 48.7 Å². The second-order valence-corrected chi connectivity index (χ2v) is 16.4. The van der Waals surface area contributed by atoms with Crippen LogP contribution >= 0.6 is 0 Å². The number of aldehydes is 1. The molecule has 6 heterocycles. The SMILES string of the molecule is CCn1nc(C)cc1C(=O)Nc1nc2cc(C(N)=O)cc(OCCCN(C)C(=O)OC(C)(C)C)c2n1C/C=C/Cn1c2nc(-c3cc(C)nn3CC)ncc2c2cc(C=O)nc(C)c21. The van der Waals surface area contributed by atoms with Crippen molar-refractivity contribution in [2.24, 2.45) is 5.73 Å². The van der Waals surface area contributed by atoms with Crippen molar-refractivity contribution in [1.29, 1.82) is 0 Å². The number of hydrogen-bond acceptors (Lipinski definition) is 12. The Hall–Kier alpha value is -7.44. The Kier molecular flexibility index (Phi) is 12.6. The summed E-state index contributed by atoms with van der Waals surface area (Å²) in [6.07, 6.45) is 6.36. The molecule has 0 saturated heterocycles. The third-order valence-corrected chi connectivity index (χ3v) is 10.4. The summed E-state index contributed by atoms with van der Waals surface area (Å²) in [6, 6.07) is 8.51. The molecule has 0 aliphatic carbocycles. The third kappa shape index (κ3) is 9.18. The topological polar surface area (TPSA) is 225 Å². The molecule has 3 N–H and O–H groups in total. The van der Waals surface area contributed by atoms with Crippen molar-refractivity contribution in [1.82, 2.24) is 53.5 Å². The molecule has 0 atom stereocenters. The van der Waals surface area contributed by atoms with Crippen LogP contribution < -0.4 is 15.8 Å². The molecule has 0 unspecified atom stereocenters. The lowest BCUT2D eigenvalue weighted by Gasteiger charge is -2.24. The first-order valence-electron chi connectivity index (χ1n) is 21.1. The largest absolute Gasteiger partial charge is 0.491 e. The van der Waals surface area contributed by atoms with E-state index < -0.39 is 23.5 Å². The van der Waals surface area contributed by atoms with Crippen LogP contribution in [0.4, 0.5) is 10.7 Å². The summed E-state index contributed by atoms with van der Waals surface area (Å²) >= 11 is 0. The van der Waals surface area contributed by atoms with Crippen LogP contribution in [-0.4, -0.2) is 104 Å². The van der Waals surface area contributed by atoms with Gasteiger partial charge in [-0.25, -0.2) is 24.7 Å². The number of carbonyl (C=O) groups is 4. The van der Waals surface area contributed by atoms with E-state index in [1.807, 2.05) is 62.1 Å². The van der Waals surface area contributed by atoms with E-state index in [9.17, 15) is 19.2 Å². The molecule has 0 bridgehead atoms. The number of hydrogen-bond donors (Lipinski definition) is 2. The zero-order valence-corrected chi connectivity index (χ0v) is 37.6. The normalized spacial score (nSPS) is 11.9. The number of aryl methyl sites for hydroxylation is 5. The van der Waals surface area contributed by atoms with Gasteiger partial charge in [0.15, 0.2) is 12.1 Å². The van der Waals surface area contributed by atoms with Crippen LogP contribution in [0.3, 0.4) is 0 Å². The summed E-state index contributed by atoms with van der Waals surface area (Å²) in [4.78, 5) is 71.6. The van der Waals surface area contributed by atoms with Gasteiger partial charge in [-0.05, 0) is 92.1 Å². The fourth-order valence-electron chi connectivity index (χ4n) is 7.60. The number of nitrogens with two attached hydrogens (primary N) is 1. The van der Waals surface area contributed by atoms with Gasteiger partial charge >= 0.3 is 6.09 Å². The monoisotopic (exact) mass is 871 g/mol. The van der Waals surface area contributed by atoms with Gasteiger partial charge in [0, 0.05) is 62.3 Å². The number of amides is 3. The number of fused-ring (bicyclic) bond motifs is 4. The summed E-state index contributed by atoms with van der Waals surface area (Å²) in [6.45, 7) is 17.1. The first-order valence-corrected chi connectivity index (χ1v) is 21.1. The standard InChI is InChI=1S/C45H53N13O6/c1-10-57-34(19-26(3)52-57)40-47-24-32-31-23-30(25-59)48-28(5)37(31)55(41(32)50-40)16-12-13-17-56-38-33(49-43(56)51-42(61)35-20-27(4)53-58(35)11-2)21-29(39(46)60)22-36(38)63-18-14-15-54(9)44(62)64-45(6,7)8/h12-13,19-25H,10-11,14-18H2,1-9H3,(H2,46,60)(H,49,51,61)/b13-12+. The summed E-state index contributed by atoms with van der Waals surface area (Å²) in [5.74, 6) is -0.0998. The van der Waals surface area contributed by atoms with Gasteiger partial charge in [-0.15, -0.1) is 0 Å². The molecular weight excluding hydrogens is 819 g/mol. The Labute approximate surface area is 369 Å². The molecule has 0 aliphatic heterocycles. The maximum Gasteiger partial charge on any atom is 0.410 e. The molecule has 19 nitrogen and oxygen atoms in total. The minimum Gasteiger partial charge on any atom is -0.491 e. The van der Waals surface area contributed by atoms with Crippen LogP contribution in [0, 0.1) is 20.8 Å². The van der Waals surface area contributed by atoms with E-state index >= 15 is 0 Å². The van der Waals surface area contributed by atoms with Crippen LogP contribution in [-0.2, 0) is 30.9 Å². The van der Waals surface area contributed by atoms with Gasteiger partial charge in [-0.1, -0.05) is 12.2 Å². The van der Waals surface area contributed by atoms with E-state index in [1.54, 1.807) is 67.5 Å². The molecule has 3 amide bonds. The molecule has 0 spiro atoms. The Balaban J connectivity index is 1.27. The molecule has 0 aliphatic rings. The van der Waals surface area contributed by atoms with Crippen LogP contribution in [0.1, 0.15) is 89.5 Å². The number of aromatic nitrogens is 10.